The molecule has 2 N–H and O–H groups in total. The minimum Gasteiger partial charge on any atom is -0.478 e. The van der Waals surface area contributed by atoms with Crippen LogP contribution in [0, 0.1) is 5.82 Å². The van der Waals surface area contributed by atoms with Gasteiger partial charge in [0.1, 0.15) is 11.6 Å². The number of halogens is 1. The van der Waals surface area contributed by atoms with Crippen LogP contribution in [-0.4, -0.2) is 20.9 Å². The third kappa shape index (κ3) is 4.43. The number of para-hydroxylation sites is 1. The summed E-state index contributed by atoms with van der Waals surface area (Å²) >= 11 is 0. The zero-order valence-electron chi connectivity index (χ0n) is 16.0. The number of nitrogens with one attached hydrogen (secondary N) is 1. The zero-order valence-corrected chi connectivity index (χ0v) is 16.0. The van der Waals surface area contributed by atoms with E-state index in [4.69, 9.17) is 4.74 Å². The number of carbonyl (C=O) groups is 1. The molecule has 0 saturated carbocycles. The first kappa shape index (κ1) is 19.8. The monoisotopic (exact) mass is 417 g/mol. The van der Waals surface area contributed by atoms with Crippen molar-refractivity contribution in [3.05, 3.63) is 107 Å². The van der Waals surface area contributed by atoms with Crippen molar-refractivity contribution < 1.29 is 19.0 Å². The van der Waals surface area contributed by atoms with E-state index in [0.717, 1.165) is 4.68 Å². The van der Waals surface area contributed by atoms with E-state index in [1.54, 1.807) is 36.4 Å². The van der Waals surface area contributed by atoms with Crippen molar-refractivity contribution in [2.45, 2.75) is 0 Å². The van der Waals surface area contributed by atoms with Gasteiger partial charge in [-0.15, -0.1) is 0 Å². The topological polar surface area (TPSA) is 93.4 Å². The highest BCUT2D eigenvalue weighted by molar-refractivity contribution is 5.89. The van der Waals surface area contributed by atoms with Gasteiger partial charge < -0.3 is 15.2 Å². The SMILES string of the molecule is O=C(O)c1cccc(Nc2c(Oc3ccccc3)cnn(-c3ccc(F)cc3)c2=O)c1. The van der Waals surface area contributed by atoms with E-state index in [2.05, 4.69) is 10.4 Å². The van der Waals surface area contributed by atoms with Crippen LogP contribution in [-0.2, 0) is 0 Å². The van der Waals surface area contributed by atoms with E-state index in [0.29, 0.717) is 17.1 Å². The summed E-state index contributed by atoms with van der Waals surface area (Å²) in [5, 5.41) is 16.3. The fourth-order valence-corrected chi connectivity index (χ4v) is 2.89. The van der Waals surface area contributed by atoms with Gasteiger partial charge in [-0.1, -0.05) is 24.3 Å². The normalized spacial score (nSPS) is 10.5. The molecular weight excluding hydrogens is 401 g/mol. The molecule has 1 heterocycles. The summed E-state index contributed by atoms with van der Waals surface area (Å²) in [6, 6.07) is 20.2. The molecule has 1 aromatic heterocycles. The average molecular weight is 417 g/mol. The number of anilines is 2. The Balaban J connectivity index is 1.81. The van der Waals surface area contributed by atoms with Crippen molar-refractivity contribution in [3.8, 4) is 17.2 Å². The Morgan fingerprint density at radius 3 is 2.45 bits per heavy atom. The van der Waals surface area contributed by atoms with Crippen LogP contribution in [0.4, 0.5) is 15.8 Å². The second-order valence-electron chi connectivity index (χ2n) is 6.50. The molecule has 154 valence electrons. The van der Waals surface area contributed by atoms with Crippen LogP contribution in [0.5, 0.6) is 11.5 Å². The molecule has 7 nitrogen and oxygen atoms in total. The van der Waals surface area contributed by atoms with Crippen LogP contribution in [0.15, 0.2) is 89.9 Å². The van der Waals surface area contributed by atoms with E-state index in [9.17, 15) is 19.1 Å². The summed E-state index contributed by atoms with van der Waals surface area (Å²) < 4.78 is 20.2. The van der Waals surface area contributed by atoms with Gasteiger partial charge in [-0.3, -0.25) is 4.79 Å². The van der Waals surface area contributed by atoms with Gasteiger partial charge in [0.25, 0.3) is 5.56 Å². The number of carboxylic acids is 1. The molecule has 0 bridgehead atoms. The van der Waals surface area contributed by atoms with Gasteiger partial charge in [0, 0.05) is 5.69 Å². The number of hydrogen-bond donors (Lipinski definition) is 2. The first-order chi connectivity index (χ1) is 15.0. The molecule has 0 amide bonds. The van der Waals surface area contributed by atoms with Crippen LogP contribution >= 0.6 is 0 Å². The number of benzene rings is 3. The Kier molecular flexibility index (Phi) is 5.44. The van der Waals surface area contributed by atoms with Gasteiger partial charge >= 0.3 is 5.97 Å². The predicted molar refractivity (Wildman–Crippen MR) is 113 cm³/mol. The van der Waals surface area contributed by atoms with Gasteiger partial charge in [0.2, 0.25) is 0 Å². The molecule has 31 heavy (non-hydrogen) atoms. The van der Waals surface area contributed by atoms with Crippen molar-refractivity contribution in [1.82, 2.24) is 9.78 Å². The molecule has 3 aromatic carbocycles. The molecule has 4 rings (SSSR count). The second kappa shape index (κ2) is 8.50. The number of hydrogen-bond acceptors (Lipinski definition) is 5. The third-order valence-electron chi connectivity index (χ3n) is 4.36. The van der Waals surface area contributed by atoms with Gasteiger partial charge in [-0.2, -0.15) is 9.78 Å². The Morgan fingerprint density at radius 2 is 1.74 bits per heavy atom. The summed E-state index contributed by atoms with van der Waals surface area (Å²) in [5.41, 5.74) is 0.293. The molecule has 0 fully saturated rings. The molecule has 4 aromatic rings. The summed E-state index contributed by atoms with van der Waals surface area (Å²) in [7, 11) is 0. The van der Waals surface area contributed by atoms with Crippen molar-refractivity contribution in [2.24, 2.45) is 0 Å². The number of rotatable bonds is 6. The molecule has 0 unspecified atom stereocenters. The zero-order chi connectivity index (χ0) is 21.8. The van der Waals surface area contributed by atoms with Crippen molar-refractivity contribution >= 4 is 17.3 Å². The van der Waals surface area contributed by atoms with E-state index in [-0.39, 0.29) is 17.0 Å². The Hall–Kier alpha value is -4.46. The fraction of sp³-hybridized carbons (Fsp3) is 0. The predicted octanol–water partition coefficient (Wildman–Crippen LogP) is 4.61. The van der Waals surface area contributed by atoms with Crippen molar-refractivity contribution in [2.75, 3.05) is 5.32 Å². The maximum absolute atomic E-state index is 13.3. The molecule has 0 radical (unpaired) electrons. The first-order valence-electron chi connectivity index (χ1n) is 9.23. The Morgan fingerprint density at radius 1 is 1.00 bits per heavy atom. The van der Waals surface area contributed by atoms with Gasteiger partial charge in [-0.25, -0.2) is 9.18 Å². The first-order valence-corrected chi connectivity index (χ1v) is 9.23. The van der Waals surface area contributed by atoms with Gasteiger partial charge in [0.05, 0.1) is 17.4 Å². The molecule has 0 aliphatic carbocycles. The van der Waals surface area contributed by atoms with E-state index >= 15 is 0 Å². The molecule has 0 spiro atoms. The lowest BCUT2D eigenvalue weighted by Crippen LogP contribution is -2.24. The lowest BCUT2D eigenvalue weighted by atomic mass is 10.2. The third-order valence-corrected chi connectivity index (χ3v) is 4.36. The lowest BCUT2D eigenvalue weighted by Gasteiger charge is -2.14. The van der Waals surface area contributed by atoms with Crippen LogP contribution < -0.4 is 15.6 Å². The minimum absolute atomic E-state index is 0.0470. The van der Waals surface area contributed by atoms with Crippen LogP contribution in [0.25, 0.3) is 5.69 Å². The van der Waals surface area contributed by atoms with Crippen LogP contribution in [0.2, 0.25) is 0 Å². The molecule has 0 atom stereocenters. The quantitative estimate of drug-likeness (QED) is 0.476. The van der Waals surface area contributed by atoms with Crippen LogP contribution in [0.3, 0.4) is 0 Å². The number of aromatic carboxylic acids is 1. The van der Waals surface area contributed by atoms with E-state index < -0.39 is 17.3 Å². The fourth-order valence-electron chi connectivity index (χ4n) is 2.89. The maximum Gasteiger partial charge on any atom is 0.335 e. The summed E-state index contributed by atoms with van der Waals surface area (Å²) in [6.45, 7) is 0. The van der Waals surface area contributed by atoms with E-state index in [1.807, 2.05) is 6.07 Å². The smallest absolute Gasteiger partial charge is 0.335 e. The van der Waals surface area contributed by atoms with Crippen LogP contribution in [0.1, 0.15) is 10.4 Å². The summed E-state index contributed by atoms with van der Waals surface area (Å²) in [6.07, 6.45) is 1.36. The Bertz CT molecular complexity index is 1290. The van der Waals surface area contributed by atoms with Crippen molar-refractivity contribution in [1.29, 1.82) is 0 Å². The average Bonchev–Trinajstić information content (AvgIpc) is 2.78. The van der Waals surface area contributed by atoms with Gasteiger partial charge in [-0.05, 0) is 54.6 Å². The highest BCUT2D eigenvalue weighted by Gasteiger charge is 2.16. The maximum atomic E-state index is 13.3. The van der Waals surface area contributed by atoms with E-state index in [1.165, 1.54) is 42.6 Å². The standard InChI is InChI=1S/C23H16FN3O4/c24-16-9-11-18(12-10-16)27-22(28)21(26-17-6-4-5-15(13-17)23(29)30)20(14-25-27)31-19-7-2-1-3-8-19/h1-14,26H,(H,29,30). The number of ether oxygens (including phenoxy) is 1. The number of nitrogens with zero attached hydrogens (tertiary/aromatic N) is 2. The highest BCUT2D eigenvalue weighted by Crippen LogP contribution is 2.29. The molecule has 8 heteroatoms. The van der Waals surface area contributed by atoms with Gasteiger partial charge in [0.15, 0.2) is 11.4 Å². The largest absolute Gasteiger partial charge is 0.478 e. The van der Waals surface area contributed by atoms with Crippen molar-refractivity contribution in [3.63, 3.8) is 0 Å². The highest BCUT2D eigenvalue weighted by atomic mass is 19.1. The summed E-state index contributed by atoms with van der Waals surface area (Å²) in [4.78, 5) is 24.5. The summed E-state index contributed by atoms with van der Waals surface area (Å²) in [5.74, 6) is -0.895. The molecule has 0 aliphatic heterocycles. The molecule has 0 saturated heterocycles. The molecular formula is C23H16FN3O4. The number of carboxylic acid groups (broad SMARTS) is 1. The molecule has 0 aliphatic rings. The number of aromatic nitrogens is 2. The lowest BCUT2D eigenvalue weighted by molar-refractivity contribution is 0.0697. The Labute approximate surface area is 176 Å². The minimum atomic E-state index is -1.09. The second-order valence-corrected chi connectivity index (χ2v) is 6.50.